The number of morpholine rings is 1. The van der Waals surface area contributed by atoms with E-state index in [2.05, 4.69) is 60.1 Å². The van der Waals surface area contributed by atoms with Gasteiger partial charge in [-0.05, 0) is 31.6 Å². The minimum absolute atomic E-state index is 0.241. The summed E-state index contributed by atoms with van der Waals surface area (Å²) in [5.41, 5.74) is 8.76. The van der Waals surface area contributed by atoms with E-state index < -0.39 is 0 Å². The predicted octanol–water partition coefficient (Wildman–Crippen LogP) is 1.50. The van der Waals surface area contributed by atoms with Crippen LogP contribution in [0.4, 0.5) is 0 Å². The Morgan fingerprint density at radius 1 is 1.27 bits per heavy atom. The summed E-state index contributed by atoms with van der Waals surface area (Å²) in [6.45, 7) is 5.95. The van der Waals surface area contributed by atoms with Crippen LogP contribution in [0.25, 0.3) is 0 Å². The third-order valence-corrected chi connectivity index (χ3v) is 4.16. The highest BCUT2D eigenvalue weighted by molar-refractivity contribution is 5.78. The van der Waals surface area contributed by atoms with Gasteiger partial charge in [0.05, 0.1) is 25.8 Å². The van der Waals surface area contributed by atoms with Gasteiger partial charge in [0.2, 0.25) is 0 Å². The smallest absolute Gasteiger partial charge is 0.191 e. The third kappa shape index (κ3) is 4.45. The lowest BCUT2D eigenvalue weighted by Gasteiger charge is -2.29. The molecular formula is C17H28N4O. The van der Waals surface area contributed by atoms with Crippen LogP contribution in [0.1, 0.15) is 24.1 Å². The van der Waals surface area contributed by atoms with Gasteiger partial charge in [-0.2, -0.15) is 0 Å². The summed E-state index contributed by atoms with van der Waals surface area (Å²) in [7, 11) is 4.16. The lowest BCUT2D eigenvalue weighted by Crippen LogP contribution is -2.45. The molecule has 1 aliphatic heterocycles. The second-order valence-electron chi connectivity index (χ2n) is 5.87. The van der Waals surface area contributed by atoms with Gasteiger partial charge in [-0.3, -0.25) is 4.99 Å². The zero-order valence-corrected chi connectivity index (χ0v) is 14.0. The first kappa shape index (κ1) is 16.8. The van der Waals surface area contributed by atoms with Crippen LogP contribution in [-0.4, -0.2) is 62.7 Å². The molecule has 0 saturated carbocycles. The van der Waals surface area contributed by atoms with Crippen LogP contribution >= 0.6 is 0 Å². The van der Waals surface area contributed by atoms with Crippen molar-refractivity contribution < 1.29 is 4.74 Å². The number of hydrogen-bond acceptors (Lipinski definition) is 3. The van der Waals surface area contributed by atoms with Crippen molar-refractivity contribution in [2.45, 2.75) is 19.4 Å². The van der Waals surface area contributed by atoms with E-state index in [9.17, 15) is 0 Å². The number of nitrogens with zero attached hydrogens (tertiary/aromatic N) is 3. The molecule has 0 radical (unpaired) electrons. The van der Waals surface area contributed by atoms with Gasteiger partial charge >= 0.3 is 0 Å². The van der Waals surface area contributed by atoms with Gasteiger partial charge in [0.1, 0.15) is 0 Å². The highest BCUT2D eigenvalue weighted by Crippen LogP contribution is 2.19. The third-order valence-electron chi connectivity index (χ3n) is 4.16. The molecule has 2 N–H and O–H groups in total. The number of aliphatic imine (C=N–C) groups is 1. The number of benzene rings is 1. The van der Waals surface area contributed by atoms with Gasteiger partial charge in [-0.25, -0.2) is 0 Å². The van der Waals surface area contributed by atoms with Crippen molar-refractivity contribution in [2.24, 2.45) is 10.7 Å². The van der Waals surface area contributed by atoms with E-state index >= 15 is 0 Å². The molecule has 0 spiro atoms. The molecule has 0 amide bonds. The molecule has 1 aromatic rings. The Labute approximate surface area is 133 Å². The second-order valence-corrected chi connectivity index (χ2v) is 5.87. The largest absolute Gasteiger partial charge is 0.378 e. The van der Waals surface area contributed by atoms with Gasteiger partial charge in [-0.1, -0.05) is 31.2 Å². The van der Waals surface area contributed by atoms with E-state index in [1.807, 2.05) is 0 Å². The van der Waals surface area contributed by atoms with Crippen molar-refractivity contribution in [2.75, 3.05) is 46.9 Å². The second kappa shape index (κ2) is 8.15. The standard InChI is InChI=1S/C17H28N4O/c1-4-14-5-7-15(8-6-14)16(20(2)3)13-19-17(18)21-9-11-22-12-10-21/h5-8,16H,4,9-13H2,1-3H3,(H2,18,19). The SMILES string of the molecule is CCc1ccc(C(CN=C(N)N2CCOCC2)N(C)C)cc1. The van der Waals surface area contributed by atoms with E-state index in [1.165, 1.54) is 11.1 Å². The molecule has 1 aliphatic rings. The van der Waals surface area contributed by atoms with E-state index in [-0.39, 0.29) is 6.04 Å². The fourth-order valence-electron chi connectivity index (χ4n) is 2.61. The number of likely N-dealkylation sites (N-methyl/N-ethyl adjacent to an activating group) is 1. The maximum absolute atomic E-state index is 6.12. The van der Waals surface area contributed by atoms with Gasteiger partial charge in [-0.15, -0.1) is 0 Å². The molecule has 5 heteroatoms. The topological polar surface area (TPSA) is 54.1 Å². The molecule has 2 rings (SSSR count). The molecule has 0 bridgehead atoms. The Morgan fingerprint density at radius 3 is 2.45 bits per heavy atom. The van der Waals surface area contributed by atoms with Crippen molar-refractivity contribution in [3.05, 3.63) is 35.4 Å². The minimum Gasteiger partial charge on any atom is -0.378 e. The summed E-state index contributed by atoms with van der Waals surface area (Å²) in [5, 5.41) is 0. The summed E-state index contributed by atoms with van der Waals surface area (Å²) < 4.78 is 5.34. The zero-order chi connectivity index (χ0) is 15.9. The van der Waals surface area contributed by atoms with Crippen molar-refractivity contribution in [1.82, 2.24) is 9.80 Å². The summed E-state index contributed by atoms with van der Waals surface area (Å²) in [6, 6.07) is 9.03. The molecule has 22 heavy (non-hydrogen) atoms. The molecule has 1 atom stereocenters. The summed E-state index contributed by atoms with van der Waals surface area (Å²) in [4.78, 5) is 8.90. The zero-order valence-electron chi connectivity index (χ0n) is 14.0. The Balaban J connectivity index is 2.04. The maximum Gasteiger partial charge on any atom is 0.191 e. The number of guanidine groups is 1. The van der Waals surface area contributed by atoms with Crippen molar-refractivity contribution in [1.29, 1.82) is 0 Å². The Hall–Kier alpha value is -1.59. The van der Waals surface area contributed by atoms with Gasteiger partial charge < -0.3 is 20.3 Å². The molecule has 1 heterocycles. The molecule has 1 unspecified atom stereocenters. The van der Waals surface area contributed by atoms with Crippen LogP contribution in [0, 0.1) is 0 Å². The maximum atomic E-state index is 6.12. The first-order chi connectivity index (χ1) is 10.6. The molecule has 1 saturated heterocycles. The summed E-state index contributed by atoms with van der Waals surface area (Å²) in [5.74, 6) is 0.625. The van der Waals surface area contributed by atoms with Gasteiger partial charge in [0.15, 0.2) is 5.96 Å². The van der Waals surface area contributed by atoms with E-state index in [4.69, 9.17) is 10.5 Å². The Morgan fingerprint density at radius 2 is 1.91 bits per heavy atom. The number of hydrogen-bond donors (Lipinski definition) is 1. The van der Waals surface area contributed by atoms with Crippen LogP contribution < -0.4 is 5.73 Å². The molecule has 5 nitrogen and oxygen atoms in total. The fraction of sp³-hybridized carbons (Fsp3) is 0.588. The minimum atomic E-state index is 0.241. The number of ether oxygens (including phenoxy) is 1. The van der Waals surface area contributed by atoms with Crippen molar-refractivity contribution >= 4 is 5.96 Å². The highest BCUT2D eigenvalue weighted by atomic mass is 16.5. The van der Waals surface area contributed by atoms with Crippen molar-refractivity contribution in [3.63, 3.8) is 0 Å². The molecule has 122 valence electrons. The van der Waals surface area contributed by atoms with Crippen LogP contribution in [-0.2, 0) is 11.2 Å². The summed E-state index contributed by atoms with van der Waals surface area (Å²) >= 11 is 0. The fourth-order valence-corrected chi connectivity index (χ4v) is 2.61. The first-order valence-electron chi connectivity index (χ1n) is 7.99. The lowest BCUT2D eigenvalue weighted by atomic mass is 10.0. The molecule has 0 aliphatic carbocycles. The molecular weight excluding hydrogens is 276 g/mol. The van der Waals surface area contributed by atoms with Crippen molar-refractivity contribution in [3.8, 4) is 0 Å². The first-order valence-corrected chi connectivity index (χ1v) is 7.99. The van der Waals surface area contributed by atoms with Crippen LogP contribution in [0.5, 0.6) is 0 Å². The Bertz CT molecular complexity index is 478. The monoisotopic (exact) mass is 304 g/mol. The normalized spacial score (nSPS) is 17.8. The van der Waals surface area contributed by atoms with Crippen LogP contribution in [0.15, 0.2) is 29.3 Å². The molecule has 1 aromatic carbocycles. The average Bonchev–Trinajstić information content (AvgIpc) is 2.56. The lowest BCUT2D eigenvalue weighted by molar-refractivity contribution is 0.0673. The van der Waals surface area contributed by atoms with Crippen LogP contribution in [0.3, 0.4) is 0 Å². The van der Waals surface area contributed by atoms with Gasteiger partial charge in [0.25, 0.3) is 0 Å². The number of nitrogens with two attached hydrogens (primary N) is 1. The van der Waals surface area contributed by atoms with E-state index in [0.29, 0.717) is 12.5 Å². The Kier molecular flexibility index (Phi) is 6.21. The van der Waals surface area contributed by atoms with E-state index in [1.54, 1.807) is 0 Å². The van der Waals surface area contributed by atoms with E-state index in [0.717, 1.165) is 32.7 Å². The number of aryl methyl sites for hydroxylation is 1. The number of rotatable bonds is 5. The summed E-state index contributed by atoms with van der Waals surface area (Å²) in [6.07, 6.45) is 1.06. The predicted molar refractivity (Wildman–Crippen MR) is 91.1 cm³/mol. The molecule has 1 fully saturated rings. The average molecular weight is 304 g/mol. The quantitative estimate of drug-likeness (QED) is 0.661. The highest BCUT2D eigenvalue weighted by Gasteiger charge is 2.16. The van der Waals surface area contributed by atoms with Crippen LogP contribution in [0.2, 0.25) is 0 Å². The van der Waals surface area contributed by atoms with Gasteiger partial charge in [0, 0.05) is 13.1 Å². The molecule has 0 aromatic heterocycles.